The minimum absolute atomic E-state index is 0.0289. The van der Waals surface area contributed by atoms with E-state index in [0.29, 0.717) is 11.1 Å². The van der Waals surface area contributed by atoms with Crippen LogP contribution in [0.4, 0.5) is 5.13 Å². The van der Waals surface area contributed by atoms with Crippen LogP contribution < -0.4 is 94.5 Å². The predicted octanol–water partition coefficient (Wildman–Crippen LogP) is -0.911. The molecule has 28 N–H and O–H groups in total. The Hall–Kier alpha value is -13.8. The number of carbonyl (C=O) groups excluding carboxylic acids is 11. The number of unbranched alkanes of at least 4 members (excludes halogenated alkanes) is 1. The van der Waals surface area contributed by atoms with E-state index in [2.05, 4.69) is 73.0 Å². The van der Waals surface area contributed by atoms with Gasteiger partial charge in [-0.1, -0.05) is 60.4 Å². The van der Waals surface area contributed by atoms with Crippen molar-refractivity contribution < 1.29 is 156 Å². The summed E-state index contributed by atoms with van der Waals surface area (Å²) in [5, 5.41) is 160. The average molecular weight is 2150 g/mol. The summed E-state index contributed by atoms with van der Waals surface area (Å²) in [6.45, 7) is 6.80. The van der Waals surface area contributed by atoms with Crippen molar-refractivity contribution in [2.75, 3.05) is 44.8 Å². The molecule has 11 bridgehead atoms. The molecule has 798 valence electrons. The Balaban J connectivity index is 0.730. The summed E-state index contributed by atoms with van der Waals surface area (Å²) in [6, 6.07) is -0.0760. The van der Waals surface area contributed by atoms with Gasteiger partial charge in [0.2, 0.25) is 76.7 Å². The SMILES string of the molecule is CCO/N=C(\C(=O)N[C@@H]1C(=O)N2C(C(=O)O)=C(C[n+]3ccc(CNC(=O)CCCCC(=O)NCCNCc4c(O)cc5c(c4O)-c4cc(ccc4O)C4NC(=O)[C@@H]6NC(=O)[C@H](CC(N)=O)NC(=O)[C@H](NC(=O)[C@@H](CC(C)C)NC)[C@H](O)c7ccc(c(Cl)c7)Oc7cc6cc(c7O[C@@H]6O[C@H](CO)[C@@H](O)[C@H](O)[C@H]6O[C@H]6C[C@](C)(N)[C@H](O)[C@H](C)O6)Oc6ccc(cc6Cl)[C@@H](O)C(NC4=O)C(=O)N[C@@H]5C(=O)O)cc3)CS[C@H]12)c1nsc(N)n1. The molecule has 50 nitrogen and oxygen atoms in total. The van der Waals surface area contributed by atoms with Gasteiger partial charge in [-0.25, -0.2) is 14.2 Å². The van der Waals surface area contributed by atoms with Crippen LogP contribution in [0.1, 0.15) is 155 Å². The highest BCUT2D eigenvalue weighted by molar-refractivity contribution is 8.00. The van der Waals surface area contributed by atoms with E-state index in [1.54, 1.807) is 49.9 Å². The van der Waals surface area contributed by atoms with Gasteiger partial charge in [-0.15, -0.1) is 11.8 Å². The number of phenols is 3. The summed E-state index contributed by atoms with van der Waals surface area (Å²) in [6.07, 6.45) is -15.3. The van der Waals surface area contributed by atoms with Crippen molar-refractivity contribution in [3.63, 3.8) is 0 Å². The van der Waals surface area contributed by atoms with Crippen molar-refractivity contribution in [1.82, 2.24) is 72.7 Å². The van der Waals surface area contributed by atoms with Gasteiger partial charge in [0.25, 0.3) is 11.8 Å². The summed E-state index contributed by atoms with van der Waals surface area (Å²) in [5.41, 5.74) is 13.4. The van der Waals surface area contributed by atoms with Crippen LogP contribution >= 0.6 is 46.5 Å². The number of aliphatic carboxylic acids is 2. The number of primary amides is 1. The number of β-lactam (4-membered cyclic amide) rings is 1. The third-order valence-corrected chi connectivity index (χ3v) is 28.0. The number of pyridine rings is 1. The number of fused-ring (bicyclic) bond motifs is 16. The number of aliphatic hydroxyl groups excluding tert-OH is 6. The molecule has 0 saturated carbocycles. The maximum Gasteiger partial charge on any atom is 0.352 e. The number of aromatic nitrogens is 3. The van der Waals surface area contributed by atoms with E-state index in [1.165, 1.54) is 44.8 Å². The first-order valence-electron chi connectivity index (χ1n) is 47.0. The molecule has 7 aromatic rings. The normalized spacial score (nSPS) is 25.7. The van der Waals surface area contributed by atoms with E-state index in [0.717, 1.165) is 77.1 Å². The molecule has 2 aromatic heterocycles. The van der Waals surface area contributed by atoms with E-state index in [-0.39, 0.29) is 128 Å². The maximum absolute atomic E-state index is 16.4. The molecule has 2 unspecified atom stereocenters. The fourth-order valence-electron chi connectivity index (χ4n) is 17.8. The Morgan fingerprint density at radius 2 is 1.38 bits per heavy atom. The number of amides is 11. The second kappa shape index (κ2) is 47.8. The van der Waals surface area contributed by atoms with Crippen molar-refractivity contribution >= 4 is 134 Å². The van der Waals surface area contributed by atoms with E-state index < -0.39 is 295 Å². The number of benzene rings is 5. The third kappa shape index (κ3) is 25.3. The molecule has 0 radical (unpaired) electrons. The summed E-state index contributed by atoms with van der Waals surface area (Å²) >= 11 is 16.4. The fourth-order valence-corrected chi connectivity index (χ4v) is 20.0. The van der Waals surface area contributed by atoms with Gasteiger partial charge in [-0.05, 0) is 135 Å². The molecular formula is C95H112Cl2N19O31S2+. The first kappa shape index (κ1) is 111. The van der Waals surface area contributed by atoms with Crippen molar-refractivity contribution in [2.24, 2.45) is 22.5 Å². The number of carbonyl (C=O) groups is 13. The van der Waals surface area contributed by atoms with Crippen LogP contribution in [0.2, 0.25) is 10.0 Å². The van der Waals surface area contributed by atoms with Crippen molar-refractivity contribution in [1.29, 1.82) is 0 Å². The first-order chi connectivity index (χ1) is 70.8. The molecule has 11 amide bonds. The van der Waals surface area contributed by atoms with Crippen molar-refractivity contribution in [2.45, 2.75) is 220 Å². The minimum atomic E-state index is -2.43. The Morgan fingerprint density at radius 1 is 0.732 bits per heavy atom. The number of nitrogens with zero attached hydrogens (tertiary/aromatic N) is 5. The second-order valence-electron chi connectivity index (χ2n) is 36.8. The number of phenolic OH excluding ortho intramolecular Hbond substituents is 3. The lowest BCUT2D eigenvalue weighted by Crippen LogP contribution is -2.71. The van der Waals surface area contributed by atoms with Crippen LogP contribution in [0.3, 0.4) is 0 Å². The van der Waals surface area contributed by atoms with Gasteiger partial charge in [0.1, 0.15) is 113 Å². The molecule has 9 aliphatic rings. The lowest BCUT2D eigenvalue weighted by Gasteiger charge is -2.49. The Bertz CT molecular complexity index is 6380. The molecule has 3 saturated heterocycles. The van der Waals surface area contributed by atoms with Crippen molar-refractivity contribution in [3.05, 3.63) is 163 Å². The van der Waals surface area contributed by atoms with E-state index >= 15 is 24.0 Å². The maximum atomic E-state index is 16.4. The monoisotopic (exact) mass is 2150 g/mol. The Morgan fingerprint density at radius 3 is 1.99 bits per heavy atom. The number of hydrogen-bond donors (Lipinski definition) is 25. The number of likely N-dealkylation sites (N-methyl/N-ethyl adjacent to an activating group) is 1. The number of carboxylic acid groups (broad SMARTS) is 2. The number of nitrogens with one attached hydrogen (secondary N) is 11. The minimum Gasteiger partial charge on any atom is -0.507 e. The van der Waals surface area contributed by atoms with Crippen LogP contribution in [-0.2, 0) is 101 Å². The number of thioether (sulfide) groups is 1. The predicted molar refractivity (Wildman–Crippen MR) is 523 cm³/mol. The second-order valence-corrected chi connectivity index (χ2v) is 39.5. The van der Waals surface area contributed by atoms with Crippen molar-refractivity contribution in [3.8, 4) is 57.1 Å². The molecule has 0 aliphatic carbocycles. The number of aromatic hydroxyl groups is 3. The summed E-state index contributed by atoms with van der Waals surface area (Å²) in [7, 11) is 1.46. The standard InChI is InChI=1S/C95H111Cl2N19O31S2/c1-7-141-113-70(81-112-94(99)149-114-81)88(135)111-71-89(136)116-72(92(139)140)45(37-148-90(71)116)35-115-22-18-40(19-23-115)33-104-62(122)11-9-8-10-61(121)103-21-20-102-34-48-54(119)30-47-64(75(48)125)46-25-41(12-15-53(46)118)65-84(131)110-69(87(134)108-67(47)91(137)138)74(124)43-14-17-56(50(97)27-43)144-58-29-44-28-57(78(58)147-93-79(77(127)76(126)59(36-117)145-93)146-63-32-95(5,100)80(128)39(4)142-63)143-55-16-13-42(26-49(55)96)73(123)68(109-82(129)51(101-6)24-38(2)3)86(133)105-52(31-60(98)120)83(130)106-66(44)85(132)107-65/h12-19,22-23,25-30,38-39,51-52,59,63,65-69,71,73-74,76-77,79-80,90,93,101-102,117,123-124,126-128H,7-11,20-21,24,31-37,100H2,1-6H3,(H17-,98,99,103,104,105,106,107,108,109,110,111,112,113,114,118,119,120,121,122,125,129,130,131,132,133,134,135,137,138,139,140)/p+1/t39-,51+,52-,59+,63-,65?,66+,67-,68+,69?,71+,73+,74+,76+,77-,79+,80+,90+,93-,95-/m0/s1. The highest BCUT2D eigenvalue weighted by atomic mass is 35.5. The topological polar surface area (TPSA) is 765 Å². The Kier molecular flexibility index (Phi) is 35.5. The average Bonchev–Trinajstić information content (AvgIpc) is 1.30. The summed E-state index contributed by atoms with van der Waals surface area (Å²) in [5.74, 6) is -20.5. The van der Waals surface area contributed by atoms with Gasteiger partial charge in [0, 0.05) is 103 Å². The fraction of sp³-hybridized carbons (Fsp3) is 0.442. The number of hydrogen-bond acceptors (Lipinski definition) is 38. The number of anilines is 1. The smallest absolute Gasteiger partial charge is 0.352 e. The van der Waals surface area contributed by atoms with Gasteiger partial charge in [-0.3, -0.25) is 57.6 Å². The zero-order chi connectivity index (χ0) is 108. The lowest BCUT2D eigenvalue weighted by molar-refractivity contribution is -0.689. The highest BCUT2D eigenvalue weighted by Crippen LogP contribution is 2.52. The van der Waals surface area contributed by atoms with Crippen LogP contribution in [0.15, 0.2) is 114 Å². The highest BCUT2D eigenvalue weighted by Gasteiger charge is 2.57. The number of nitrogens with two attached hydrogens (primary N) is 3. The van der Waals surface area contributed by atoms with Crippen LogP contribution in [-0.4, -0.2) is 282 Å². The lowest BCUT2D eigenvalue weighted by atomic mass is 9.86. The van der Waals surface area contributed by atoms with E-state index in [1.807, 2.05) is 0 Å². The number of carboxylic acids is 2. The molecule has 11 heterocycles. The van der Waals surface area contributed by atoms with Gasteiger partial charge >= 0.3 is 11.9 Å². The van der Waals surface area contributed by atoms with Gasteiger partial charge in [0.05, 0.1) is 46.9 Å². The molecule has 149 heavy (non-hydrogen) atoms. The molecular weight excluding hydrogens is 2040 g/mol. The van der Waals surface area contributed by atoms with Crippen LogP contribution in [0.5, 0.6) is 46.0 Å². The molecule has 16 rings (SSSR count). The zero-order valence-corrected chi connectivity index (χ0v) is 83.7. The number of ether oxygens (including phenoxy) is 6. The van der Waals surface area contributed by atoms with E-state index in [4.69, 9.17) is 73.7 Å². The number of oxime groups is 1. The quantitative estimate of drug-likeness (QED) is 0.00778. The largest absolute Gasteiger partial charge is 0.507 e. The zero-order valence-electron chi connectivity index (χ0n) is 80.5. The van der Waals surface area contributed by atoms with Gasteiger partial charge in [-0.2, -0.15) is 9.36 Å². The van der Waals surface area contributed by atoms with Gasteiger partial charge < -0.3 is 165 Å². The van der Waals surface area contributed by atoms with Crippen LogP contribution in [0, 0.1) is 5.92 Å². The number of aliphatic hydroxyl groups is 6. The first-order valence-corrected chi connectivity index (χ1v) is 49.6. The van der Waals surface area contributed by atoms with Gasteiger partial charge in [0.15, 0.2) is 54.0 Å². The summed E-state index contributed by atoms with van der Waals surface area (Å²) < 4.78 is 44.4. The number of rotatable bonds is 33. The number of halogens is 2. The molecule has 3 fully saturated rings. The third-order valence-electron chi connectivity index (χ3n) is 25.5. The molecule has 9 aliphatic heterocycles. The molecule has 5 aromatic carbocycles. The summed E-state index contributed by atoms with van der Waals surface area (Å²) in [4.78, 5) is 196. The van der Waals surface area contributed by atoms with E-state index in [9.17, 15) is 94.5 Å². The molecule has 54 heteroatoms. The molecule has 0 spiro atoms. The Labute approximate surface area is 866 Å². The number of nitrogen functional groups attached to an aromatic ring is 1. The molecule has 20 atom stereocenters. The van der Waals surface area contributed by atoms with Crippen LogP contribution in [0.25, 0.3) is 11.1 Å².